The van der Waals surface area contributed by atoms with Crippen LogP contribution in [-0.2, 0) is 5.75 Å². The zero-order valence-electron chi connectivity index (χ0n) is 9.23. The summed E-state index contributed by atoms with van der Waals surface area (Å²) < 4.78 is 5.28. The molecule has 0 unspecified atom stereocenters. The van der Waals surface area contributed by atoms with Crippen molar-refractivity contribution in [2.45, 2.75) is 24.8 Å². The highest BCUT2D eigenvalue weighted by Gasteiger charge is 2.06. The Morgan fingerprint density at radius 1 is 1.31 bits per heavy atom. The van der Waals surface area contributed by atoms with Crippen molar-refractivity contribution in [3.63, 3.8) is 0 Å². The summed E-state index contributed by atoms with van der Waals surface area (Å²) in [6, 6.07) is 5.92. The second kappa shape index (κ2) is 4.57. The number of anilines is 1. The van der Waals surface area contributed by atoms with E-state index in [4.69, 9.17) is 10.2 Å². The summed E-state index contributed by atoms with van der Waals surface area (Å²) in [4.78, 5) is 0. The number of benzene rings is 1. The highest BCUT2D eigenvalue weighted by Crippen LogP contribution is 2.25. The van der Waals surface area contributed by atoms with E-state index in [2.05, 4.69) is 16.3 Å². The summed E-state index contributed by atoms with van der Waals surface area (Å²) in [6.07, 6.45) is 0. The number of hydrogen-bond donors (Lipinski definition) is 1. The SMILES string of the molecule is Cc1nnc(SCc2cccc(N)c2C)o1. The van der Waals surface area contributed by atoms with Crippen molar-refractivity contribution >= 4 is 17.4 Å². The Hall–Kier alpha value is -1.49. The van der Waals surface area contributed by atoms with Crippen LogP contribution in [0.1, 0.15) is 17.0 Å². The number of aryl methyl sites for hydroxylation is 1. The van der Waals surface area contributed by atoms with Gasteiger partial charge in [0.1, 0.15) is 0 Å². The van der Waals surface area contributed by atoms with Gasteiger partial charge in [-0.2, -0.15) is 0 Å². The molecule has 1 aromatic heterocycles. The van der Waals surface area contributed by atoms with Crippen molar-refractivity contribution < 1.29 is 4.42 Å². The van der Waals surface area contributed by atoms with Crippen LogP contribution in [0.25, 0.3) is 0 Å². The Balaban J connectivity index is 2.07. The number of nitrogen functional groups attached to an aromatic ring is 1. The van der Waals surface area contributed by atoms with E-state index in [0.717, 1.165) is 17.0 Å². The molecular weight excluding hydrogens is 222 g/mol. The number of hydrogen-bond acceptors (Lipinski definition) is 5. The van der Waals surface area contributed by atoms with E-state index in [-0.39, 0.29) is 0 Å². The molecule has 0 bridgehead atoms. The van der Waals surface area contributed by atoms with Crippen molar-refractivity contribution in [3.8, 4) is 0 Å². The molecule has 84 valence electrons. The van der Waals surface area contributed by atoms with Gasteiger partial charge in [0.25, 0.3) is 5.22 Å². The maximum atomic E-state index is 5.83. The van der Waals surface area contributed by atoms with Gasteiger partial charge in [-0.25, -0.2) is 0 Å². The van der Waals surface area contributed by atoms with Crippen molar-refractivity contribution in [1.82, 2.24) is 10.2 Å². The summed E-state index contributed by atoms with van der Waals surface area (Å²) >= 11 is 1.52. The van der Waals surface area contributed by atoms with Gasteiger partial charge in [0.2, 0.25) is 5.89 Å². The predicted octanol–water partition coefficient (Wildman–Crippen LogP) is 2.56. The first-order chi connectivity index (χ1) is 7.66. The normalized spacial score (nSPS) is 10.6. The fourth-order valence-corrected chi connectivity index (χ4v) is 2.21. The zero-order chi connectivity index (χ0) is 11.5. The van der Waals surface area contributed by atoms with Crippen LogP contribution in [0.3, 0.4) is 0 Å². The lowest BCUT2D eigenvalue weighted by Crippen LogP contribution is -1.93. The summed E-state index contributed by atoms with van der Waals surface area (Å²) in [6.45, 7) is 3.80. The molecule has 0 amide bonds. The second-order valence-electron chi connectivity index (χ2n) is 3.51. The smallest absolute Gasteiger partial charge is 0.276 e. The maximum Gasteiger partial charge on any atom is 0.276 e. The fraction of sp³-hybridized carbons (Fsp3) is 0.273. The summed E-state index contributed by atoms with van der Waals surface area (Å²) in [5, 5.41) is 8.30. The molecule has 4 nitrogen and oxygen atoms in total. The summed E-state index contributed by atoms with van der Waals surface area (Å²) in [5.41, 5.74) is 8.96. The van der Waals surface area contributed by atoms with Crippen molar-refractivity contribution in [1.29, 1.82) is 0 Å². The molecule has 0 atom stereocenters. The minimum Gasteiger partial charge on any atom is -0.416 e. The van der Waals surface area contributed by atoms with Crippen LogP contribution in [0.2, 0.25) is 0 Å². The van der Waals surface area contributed by atoms with Gasteiger partial charge in [0.05, 0.1) is 0 Å². The number of nitrogens with two attached hydrogens (primary N) is 1. The van der Waals surface area contributed by atoms with Gasteiger partial charge in [-0.3, -0.25) is 0 Å². The van der Waals surface area contributed by atoms with Crippen LogP contribution < -0.4 is 5.73 Å². The van der Waals surface area contributed by atoms with Gasteiger partial charge in [0, 0.05) is 18.4 Å². The molecule has 0 fully saturated rings. The number of thioether (sulfide) groups is 1. The molecule has 0 saturated heterocycles. The van der Waals surface area contributed by atoms with E-state index in [9.17, 15) is 0 Å². The minimum absolute atomic E-state index is 0.590. The molecule has 5 heteroatoms. The van der Waals surface area contributed by atoms with E-state index in [1.54, 1.807) is 6.92 Å². The van der Waals surface area contributed by atoms with E-state index in [1.807, 2.05) is 19.1 Å². The highest BCUT2D eigenvalue weighted by atomic mass is 32.2. The third-order valence-corrected chi connectivity index (χ3v) is 3.21. The topological polar surface area (TPSA) is 64.9 Å². The van der Waals surface area contributed by atoms with Crippen LogP contribution in [0.15, 0.2) is 27.8 Å². The number of rotatable bonds is 3. The lowest BCUT2D eigenvalue weighted by atomic mass is 10.1. The second-order valence-corrected chi connectivity index (χ2v) is 4.43. The quantitative estimate of drug-likeness (QED) is 0.654. The Kier molecular flexibility index (Phi) is 3.14. The van der Waals surface area contributed by atoms with E-state index in [1.165, 1.54) is 17.3 Å². The van der Waals surface area contributed by atoms with Gasteiger partial charge in [-0.05, 0) is 24.1 Å². The fourth-order valence-electron chi connectivity index (χ4n) is 1.34. The molecule has 0 aliphatic rings. The molecule has 0 spiro atoms. The van der Waals surface area contributed by atoms with E-state index < -0.39 is 0 Å². The van der Waals surface area contributed by atoms with Gasteiger partial charge in [0.15, 0.2) is 0 Å². The third kappa shape index (κ3) is 2.36. The zero-order valence-corrected chi connectivity index (χ0v) is 10.0. The van der Waals surface area contributed by atoms with Crippen LogP contribution in [0.4, 0.5) is 5.69 Å². The van der Waals surface area contributed by atoms with E-state index >= 15 is 0 Å². The summed E-state index contributed by atoms with van der Waals surface area (Å²) in [7, 11) is 0. The number of aromatic nitrogens is 2. The molecular formula is C11H13N3OS. The van der Waals surface area contributed by atoms with Crippen molar-refractivity contribution in [2.75, 3.05) is 5.73 Å². The molecule has 0 aliphatic heterocycles. The summed E-state index contributed by atoms with van der Waals surface area (Å²) in [5.74, 6) is 1.38. The molecule has 2 aromatic rings. The van der Waals surface area contributed by atoms with Crippen molar-refractivity contribution in [3.05, 3.63) is 35.2 Å². The molecule has 0 aliphatic carbocycles. The van der Waals surface area contributed by atoms with Gasteiger partial charge >= 0.3 is 0 Å². The van der Waals surface area contributed by atoms with E-state index in [0.29, 0.717) is 11.1 Å². The minimum atomic E-state index is 0.590. The molecule has 0 radical (unpaired) electrons. The number of nitrogens with zero attached hydrogens (tertiary/aromatic N) is 2. The standard InChI is InChI=1S/C11H13N3OS/c1-7-9(4-3-5-10(7)12)6-16-11-14-13-8(2)15-11/h3-5H,6,12H2,1-2H3. The Morgan fingerprint density at radius 3 is 2.81 bits per heavy atom. The van der Waals surface area contributed by atoms with Crippen LogP contribution in [0.5, 0.6) is 0 Å². The molecule has 1 aromatic carbocycles. The van der Waals surface area contributed by atoms with Crippen LogP contribution >= 0.6 is 11.8 Å². The Morgan fingerprint density at radius 2 is 2.12 bits per heavy atom. The average molecular weight is 235 g/mol. The lowest BCUT2D eigenvalue weighted by molar-refractivity contribution is 0.429. The molecule has 2 N–H and O–H groups in total. The highest BCUT2D eigenvalue weighted by molar-refractivity contribution is 7.98. The first kappa shape index (κ1) is 11.0. The molecule has 2 rings (SSSR count). The van der Waals surface area contributed by atoms with Crippen LogP contribution in [-0.4, -0.2) is 10.2 Å². The van der Waals surface area contributed by atoms with Gasteiger partial charge in [-0.15, -0.1) is 10.2 Å². The lowest BCUT2D eigenvalue weighted by Gasteiger charge is -2.06. The Bertz CT molecular complexity index is 496. The largest absolute Gasteiger partial charge is 0.416 e. The van der Waals surface area contributed by atoms with Crippen LogP contribution in [0, 0.1) is 13.8 Å². The molecule has 0 saturated carbocycles. The predicted molar refractivity (Wildman–Crippen MR) is 64.2 cm³/mol. The molecule has 16 heavy (non-hydrogen) atoms. The third-order valence-electron chi connectivity index (χ3n) is 2.35. The van der Waals surface area contributed by atoms with Gasteiger partial charge < -0.3 is 10.2 Å². The first-order valence-corrected chi connectivity index (χ1v) is 5.92. The maximum absolute atomic E-state index is 5.83. The molecule has 1 heterocycles. The average Bonchev–Trinajstić information content (AvgIpc) is 2.67. The monoisotopic (exact) mass is 235 g/mol. The Labute approximate surface area is 98.2 Å². The van der Waals surface area contributed by atoms with Crippen molar-refractivity contribution in [2.24, 2.45) is 0 Å². The van der Waals surface area contributed by atoms with Gasteiger partial charge in [-0.1, -0.05) is 23.9 Å². The first-order valence-electron chi connectivity index (χ1n) is 4.93.